The van der Waals surface area contributed by atoms with Crippen molar-refractivity contribution >= 4 is 5.91 Å². The summed E-state index contributed by atoms with van der Waals surface area (Å²) in [6.45, 7) is 6.13. The van der Waals surface area contributed by atoms with Crippen molar-refractivity contribution in [1.29, 1.82) is 0 Å². The molecule has 1 aromatic heterocycles. The van der Waals surface area contributed by atoms with E-state index in [1.54, 1.807) is 6.20 Å². The van der Waals surface area contributed by atoms with Crippen molar-refractivity contribution in [2.45, 2.75) is 33.2 Å². The van der Waals surface area contributed by atoms with Crippen LogP contribution < -0.4 is 11.1 Å². The summed E-state index contributed by atoms with van der Waals surface area (Å²) < 4.78 is 2.04. The molecule has 0 aliphatic carbocycles. The number of aryl methyl sites for hydroxylation is 1. The second-order valence-electron chi connectivity index (χ2n) is 4.88. The summed E-state index contributed by atoms with van der Waals surface area (Å²) >= 11 is 0. The highest BCUT2D eigenvalue weighted by Gasteiger charge is 2.19. The Hall–Kier alpha value is -1.36. The highest BCUT2D eigenvalue weighted by Crippen LogP contribution is 2.08. The fourth-order valence-electron chi connectivity index (χ4n) is 1.86. The Bertz CT molecular complexity index is 335. The molecule has 1 unspecified atom stereocenters. The minimum atomic E-state index is -0.0707. The third-order valence-corrected chi connectivity index (χ3v) is 3.10. The summed E-state index contributed by atoms with van der Waals surface area (Å²) in [5.74, 6) is 0.301. The number of nitrogens with one attached hydrogen (secondary N) is 1. The molecule has 0 fully saturated rings. The lowest BCUT2D eigenvalue weighted by molar-refractivity contribution is -0.125. The van der Waals surface area contributed by atoms with Gasteiger partial charge in [0.25, 0.3) is 0 Å². The first-order chi connectivity index (χ1) is 8.65. The Morgan fingerprint density at radius 1 is 1.44 bits per heavy atom. The molecule has 5 heteroatoms. The van der Waals surface area contributed by atoms with Gasteiger partial charge in [0, 0.05) is 32.0 Å². The van der Waals surface area contributed by atoms with Crippen LogP contribution in [-0.2, 0) is 11.3 Å². The normalized spacial score (nSPS) is 12.7. The Balaban J connectivity index is 2.12. The predicted molar refractivity (Wildman–Crippen MR) is 71.9 cm³/mol. The zero-order chi connectivity index (χ0) is 13.4. The largest absolute Gasteiger partial charge is 0.356 e. The first kappa shape index (κ1) is 14.7. The fraction of sp³-hybridized carbons (Fsp3) is 0.692. The number of nitrogens with two attached hydrogens (primary N) is 1. The summed E-state index contributed by atoms with van der Waals surface area (Å²) in [5, 5.41) is 2.95. The molecule has 0 spiro atoms. The monoisotopic (exact) mass is 252 g/mol. The van der Waals surface area contributed by atoms with Gasteiger partial charge in [-0.1, -0.05) is 13.8 Å². The molecule has 5 nitrogen and oxygen atoms in total. The molecule has 102 valence electrons. The summed E-state index contributed by atoms with van der Waals surface area (Å²) in [4.78, 5) is 15.8. The van der Waals surface area contributed by atoms with Gasteiger partial charge >= 0.3 is 0 Å². The zero-order valence-corrected chi connectivity index (χ0v) is 11.3. The Labute approximate surface area is 109 Å². The van der Waals surface area contributed by atoms with Crippen molar-refractivity contribution < 1.29 is 4.79 Å². The molecule has 0 aliphatic rings. The summed E-state index contributed by atoms with van der Waals surface area (Å²) in [5.41, 5.74) is 5.60. The van der Waals surface area contributed by atoms with Crippen molar-refractivity contribution in [3.8, 4) is 0 Å². The van der Waals surface area contributed by atoms with E-state index in [-0.39, 0.29) is 11.8 Å². The summed E-state index contributed by atoms with van der Waals surface area (Å²) in [6, 6.07) is 0. The number of unbranched alkanes of at least 4 members (excludes halogenated alkanes) is 1. The molecule has 0 bridgehead atoms. The lowest BCUT2D eigenvalue weighted by atomic mass is 9.95. The van der Waals surface area contributed by atoms with E-state index in [0.717, 1.165) is 25.9 Å². The SMILES string of the molecule is CC(C)C(CN)C(=O)NCCCCn1ccnc1. The molecule has 3 N–H and O–H groups in total. The highest BCUT2D eigenvalue weighted by molar-refractivity contribution is 5.79. The minimum absolute atomic E-state index is 0.0707. The zero-order valence-electron chi connectivity index (χ0n) is 11.3. The number of carbonyl (C=O) groups excluding carboxylic acids is 1. The van der Waals surface area contributed by atoms with Gasteiger partial charge in [0.05, 0.1) is 12.2 Å². The van der Waals surface area contributed by atoms with Gasteiger partial charge in [-0.15, -0.1) is 0 Å². The number of aromatic nitrogens is 2. The summed E-state index contributed by atoms with van der Waals surface area (Å²) in [6.07, 6.45) is 7.53. The molecule has 1 atom stereocenters. The number of nitrogens with zero attached hydrogens (tertiary/aromatic N) is 2. The number of hydrogen-bond acceptors (Lipinski definition) is 3. The predicted octanol–water partition coefficient (Wildman–Crippen LogP) is 1.01. The standard InChI is InChI=1S/C13H24N4O/c1-11(2)12(9-14)13(18)16-5-3-4-7-17-8-6-15-10-17/h6,8,10-12H,3-5,7,9,14H2,1-2H3,(H,16,18). The van der Waals surface area contributed by atoms with Crippen molar-refractivity contribution in [2.24, 2.45) is 17.6 Å². The molecule has 18 heavy (non-hydrogen) atoms. The molecule has 0 aromatic carbocycles. The van der Waals surface area contributed by atoms with Crippen LogP contribution >= 0.6 is 0 Å². The average Bonchev–Trinajstić information content (AvgIpc) is 2.82. The van der Waals surface area contributed by atoms with E-state index in [9.17, 15) is 4.79 Å². The van der Waals surface area contributed by atoms with E-state index in [0.29, 0.717) is 12.5 Å². The summed E-state index contributed by atoms with van der Waals surface area (Å²) in [7, 11) is 0. The smallest absolute Gasteiger partial charge is 0.224 e. The van der Waals surface area contributed by atoms with Gasteiger partial charge in [0.15, 0.2) is 0 Å². The van der Waals surface area contributed by atoms with E-state index in [1.807, 2.05) is 30.9 Å². The molecule has 1 rings (SSSR count). The first-order valence-corrected chi connectivity index (χ1v) is 6.58. The number of hydrogen-bond donors (Lipinski definition) is 2. The van der Waals surface area contributed by atoms with Crippen LogP contribution in [-0.4, -0.2) is 28.5 Å². The van der Waals surface area contributed by atoms with Crippen LogP contribution in [0.2, 0.25) is 0 Å². The third kappa shape index (κ3) is 4.87. The molecule has 0 saturated carbocycles. The van der Waals surface area contributed by atoms with Gasteiger partial charge in [-0.2, -0.15) is 0 Å². The number of carbonyl (C=O) groups is 1. The van der Waals surface area contributed by atoms with Crippen molar-refractivity contribution in [1.82, 2.24) is 14.9 Å². The van der Waals surface area contributed by atoms with E-state index >= 15 is 0 Å². The maximum atomic E-state index is 11.8. The third-order valence-electron chi connectivity index (χ3n) is 3.10. The Kier molecular flexibility index (Phi) is 6.43. The molecule has 0 saturated heterocycles. The van der Waals surface area contributed by atoms with Gasteiger partial charge in [-0.05, 0) is 18.8 Å². The van der Waals surface area contributed by atoms with Crippen LogP contribution in [0.5, 0.6) is 0 Å². The number of rotatable bonds is 8. The quantitative estimate of drug-likeness (QED) is 0.678. The van der Waals surface area contributed by atoms with Crippen LogP contribution in [0, 0.1) is 11.8 Å². The molecule has 1 aromatic rings. The second kappa shape index (κ2) is 7.87. The van der Waals surface area contributed by atoms with Crippen molar-refractivity contribution in [2.75, 3.05) is 13.1 Å². The van der Waals surface area contributed by atoms with Crippen LogP contribution in [0.1, 0.15) is 26.7 Å². The second-order valence-corrected chi connectivity index (χ2v) is 4.88. The van der Waals surface area contributed by atoms with Crippen LogP contribution in [0.4, 0.5) is 0 Å². The van der Waals surface area contributed by atoms with Crippen LogP contribution in [0.15, 0.2) is 18.7 Å². The molecule has 0 radical (unpaired) electrons. The molecular weight excluding hydrogens is 228 g/mol. The van der Waals surface area contributed by atoms with Gasteiger partial charge in [-0.25, -0.2) is 4.98 Å². The van der Waals surface area contributed by atoms with Gasteiger partial charge < -0.3 is 15.6 Å². The van der Waals surface area contributed by atoms with Crippen LogP contribution in [0.25, 0.3) is 0 Å². The maximum Gasteiger partial charge on any atom is 0.224 e. The molecular formula is C13H24N4O. The molecule has 0 aliphatic heterocycles. The fourth-order valence-corrected chi connectivity index (χ4v) is 1.86. The molecule has 1 amide bonds. The first-order valence-electron chi connectivity index (χ1n) is 6.58. The van der Waals surface area contributed by atoms with Crippen molar-refractivity contribution in [3.05, 3.63) is 18.7 Å². The number of amides is 1. The van der Waals surface area contributed by atoms with Crippen molar-refractivity contribution in [3.63, 3.8) is 0 Å². The average molecular weight is 252 g/mol. The van der Waals surface area contributed by atoms with E-state index < -0.39 is 0 Å². The topological polar surface area (TPSA) is 72.9 Å². The molecule has 1 heterocycles. The van der Waals surface area contributed by atoms with Gasteiger partial charge in [0.2, 0.25) is 5.91 Å². The van der Waals surface area contributed by atoms with E-state index in [4.69, 9.17) is 5.73 Å². The maximum absolute atomic E-state index is 11.8. The van der Waals surface area contributed by atoms with E-state index in [1.165, 1.54) is 0 Å². The lowest BCUT2D eigenvalue weighted by Crippen LogP contribution is -2.38. The van der Waals surface area contributed by atoms with Gasteiger partial charge in [-0.3, -0.25) is 4.79 Å². The highest BCUT2D eigenvalue weighted by atomic mass is 16.1. The number of imidazole rings is 1. The van der Waals surface area contributed by atoms with E-state index in [2.05, 4.69) is 10.3 Å². The Morgan fingerprint density at radius 3 is 2.78 bits per heavy atom. The minimum Gasteiger partial charge on any atom is -0.356 e. The Morgan fingerprint density at radius 2 is 2.22 bits per heavy atom. The lowest BCUT2D eigenvalue weighted by Gasteiger charge is -2.18. The van der Waals surface area contributed by atoms with Gasteiger partial charge in [0.1, 0.15) is 0 Å². The van der Waals surface area contributed by atoms with Crippen LogP contribution in [0.3, 0.4) is 0 Å².